The zero-order valence-corrected chi connectivity index (χ0v) is 23.6. The fourth-order valence-electron chi connectivity index (χ4n) is 4.61. The van der Waals surface area contributed by atoms with Crippen LogP contribution in [0.2, 0.25) is 5.02 Å². The van der Waals surface area contributed by atoms with Crippen molar-refractivity contribution in [1.82, 2.24) is 19.9 Å². The summed E-state index contributed by atoms with van der Waals surface area (Å²) in [5.41, 5.74) is 2.33. The van der Waals surface area contributed by atoms with Gasteiger partial charge in [-0.2, -0.15) is 0 Å². The lowest BCUT2D eigenvalue weighted by molar-refractivity contribution is -0.140. The Morgan fingerprint density at radius 3 is 2.45 bits per heavy atom. The molecular formula is C31H27ClFN5O4. The van der Waals surface area contributed by atoms with Crippen LogP contribution in [0.3, 0.4) is 0 Å². The topological polar surface area (TPSA) is 98.6 Å². The minimum atomic E-state index is -1.18. The molecule has 1 aromatic heterocycles. The highest BCUT2D eigenvalue weighted by Crippen LogP contribution is 2.32. The maximum absolute atomic E-state index is 14.9. The van der Waals surface area contributed by atoms with Gasteiger partial charge in [-0.05, 0) is 48.0 Å². The Bertz CT molecular complexity index is 1730. The van der Waals surface area contributed by atoms with E-state index in [1.807, 2.05) is 12.1 Å². The maximum Gasteiger partial charge on any atom is 0.251 e. The van der Waals surface area contributed by atoms with E-state index in [1.54, 1.807) is 72.8 Å². The summed E-state index contributed by atoms with van der Waals surface area (Å²) in [5.74, 6) is -0.637. The van der Waals surface area contributed by atoms with Crippen molar-refractivity contribution in [1.29, 1.82) is 0 Å². The van der Waals surface area contributed by atoms with Gasteiger partial charge in [-0.15, -0.1) is 5.10 Å². The number of fused-ring (bicyclic) bond motifs is 1. The summed E-state index contributed by atoms with van der Waals surface area (Å²) in [6.07, 6.45) is 0. The molecule has 5 rings (SSSR count). The fourth-order valence-corrected chi connectivity index (χ4v) is 4.73. The number of nitrogens with one attached hydrogen (secondary N) is 1. The van der Waals surface area contributed by atoms with Gasteiger partial charge in [0, 0.05) is 23.2 Å². The van der Waals surface area contributed by atoms with E-state index in [9.17, 15) is 14.0 Å². The normalized spacial score (nSPS) is 11.6. The molecule has 5 aromatic rings. The summed E-state index contributed by atoms with van der Waals surface area (Å²) >= 11 is 6.16. The number of benzene rings is 4. The zero-order chi connectivity index (χ0) is 29.6. The molecule has 9 nitrogen and oxygen atoms in total. The van der Waals surface area contributed by atoms with Gasteiger partial charge in [-0.3, -0.25) is 9.59 Å². The molecule has 0 aliphatic carbocycles. The van der Waals surface area contributed by atoms with Crippen LogP contribution in [0.1, 0.15) is 17.2 Å². The summed E-state index contributed by atoms with van der Waals surface area (Å²) in [7, 11) is 2.99. The molecule has 0 spiro atoms. The van der Waals surface area contributed by atoms with E-state index >= 15 is 0 Å². The number of hydrogen-bond acceptors (Lipinski definition) is 6. The molecule has 42 heavy (non-hydrogen) atoms. The van der Waals surface area contributed by atoms with Crippen molar-refractivity contribution >= 4 is 40.1 Å². The Kier molecular flexibility index (Phi) is 8.63. The number of aromatic nitrogens is 3. The second kappa shape index (κ2) is 12.7. The monoisotopic (exact) mass is 587 g/mol. The van der Waals surface area contributed by atoms with Crippen molar-refractivity contribution < 1.29 is 23.5 Å². The summed E-state index contributed by atoms with van der Waals surface area (Å²) in [5, 5.41) is 11.6. The highest BCUT2D eigenvalue weighted by atomic mass is 35.5. The van der Waals surface area contributed by atoms with Crippen LogP contribution in [0.4, 0.5) is 10.1 Å². The van der Waals surface area contributed by atoms with Crippen LogP contribution in [0.5, 0.6) is 11.5 Å². The van der Waals surface area contributed by atoms with Crippen LogP contribution in [-0.2, 0) is 22.7 Å². The lowest BCUT2D eigenvalue weighted by Crippen LogP contribution is -2.42. The largest absolute Gasteiger partial charge is 0.497 e. The van der Waals surface area contributed by atoms with Crippen molar-refractivity contribution in [3.8, 4) is 11.5 Å². The van der Waals surface area contributed by atoms with Gasteiger partial charge in [0.05, 0.1) is 25.4 Å². The van der Waals surface area contributed by atoms with Gasteiger partial charge in [0.15, 0.2) is 0 Å². The highest BCUT2D eigenvalue weighted by molar-refractivity contribution is 6.30. The first-order chi connectivity index (χ1) is 20.4. The molecule has 0 fully saturated rings. The number of hydrogen-bond donors (Lipinski definition) is 1. The summed E-state index contributed by atoms with van der Waals surface area (Å²) in [6.45, 7) is -0.434. The summed E-state index contributed by atoms with van der Waals surface area (Å²) in [6, 6.07) is 23.7. The Hall–Kier alpha value is -4.96. The van der Waals surface area contributed by atoms with Gasteiger partial charge in [-0.25, -0.2) is 9.07 Å². The molecule has 0 aliphatic rings. The maximum atomic E-state index is 14.9. The second-order valence-electron chi connectivity index (χ2n) is 9.36. The number of halogens is 2. The number of ether oxygens (including phenoxy) is 2. The van der Waals surface area contributed by atoms with Crippen LogP contribution < -0.4 is 14.8 Å². The Balaban J connectivity index is 1.57. The zero-order valence-electron chi connectivity index (χ0n) is 22.8. The van der Waals surface area contributed by atoms with E-state index < -0.39 is 23.7 Å². The molecule has 0 bridgehead atoms. The molecule has 4 aromatic carbocycles. The number of carbonyl (C=O) groups is 2. The van der Waals surface area contributed by atoms with Gasteiger partial charge >= 0.3 is 0 Å². The molecule has 214 valence electrons. The molecule has 0 aliphatic heterocycles. The molecule has 0 saturated heterocycles. The van der Waals surface area contributed by atoms with E-state index in [0.717, 1.165) is 0 Å². The van der Waals surface area contributed by atoms with E-state index in [4.69, 9.17) is 21.1 Å². The van der Waals surface area contributed by atoms with Gasteiger partial charge < -0.3 is 19.7 Å². The first-order valence-corrected chi connectivity index (χ1v) is 13.3. The average molecular weight is 588 g/mol. The van der Waals surface area contributed by atoms with Gasteiger partial charge in [0.2, 0.25) is 5.91 Å². The molecule has 1 unspecified atom stereocenters. The molecule has 0 radical (unpaired) electrons. The first kappa shape index (κ1) is 28.6. The molecule has 1 atom stereocenters. The van der Waals surface area contributed by atoms with Crippen LogP contribution in [0, 0.1) is 5.82 Å². The number of carbonyl (C=O) groups excluding carboxylic acids is 2. The van der Waals surface area contributed by atoms with Crippen LogP contribution in [0.25, 0.3) is 11.0 Å². The highest BCUT2D eigenvalue weighted by Gasteiger charge is 2.33. The molecule has 1 N–H and O–H groups in total. The molecule has 1 heterocycles. The summed E-state index contributed by atoms with van der Waals surface area (Å²) < 4.78 is 27.1. The standard InChI is InChI=1S/C31H27ClFN5O4/c1-41-23-15-16-26(28(17-23)42-2)34-31(40)30(20-11-13-22(32)14-12-20)37(18-21-7-3-4-8-24(21)33)29(39)19-38-27-10-6-5-9-25(27)35-36-38/h3-17,30H,18-19H2,1-2H3,(H,34,40). The van der Waals surface area contributed by atoms with Crippen molar-refractivity contribution in [2.24, 2.45) is 0 Å². The quantitative estimate of drug-likeness (QED) is 0.227. The smallest absolute Gasteiger partial charge is 0.251 e. The predicted octanol–water partition coefficient (Wildman–Crippen LogP) is 5.65. The number of anilines is 1. The van der Waals surface area contributed by atoms with Crippen molar-refractivity contribution in [3.63, 3.8) is 0 Å². The fraction of sp³-hybridized carbons (Fsp3) is 0.161. The summed E-state index contributed by atoms with van der Waals surface area (Å²) in [4.78, 5) is 29.5. The number of methoxy groups -OCH3 is 2. The predicted molar refractivity (Wildman–Crippen MR) is 157 cm³/mol. The van der Waals surface area contributed by atoms with Crippen molar-refractivity contribution in [2.45, 2.75) is 19.1 Å². The molecule has 2 amide bonds. The van der Waals surface area contributed by atoms with Crippen LogP contribution >= 0.6 is 11.6 Å². The van der Waals surface area contributed by atoms with Gasteiger partial charge in [0.25, 0.3) is 5.91 Å². The van der Waals surface area contributed by atoms with E-state index in [2.05, 4.69) is 15.6 Å². The van der Waals surface area contributed by atoms with Crippen LogP contribution in [0.15, 0.2) is 91.0 Å². The molecule has 11 heteroatoms. The lowest BCUT2D eigenvalue weighted by Gasteiger charge is -2.32. The Labute approximate surface area is 246 Å². The van der Waals surface area contributed by atoms with E-state index in [0.29, 0.717) is 38.8 Å². The van der Waals surface area contributed by atoms with E-state index in [-0.39, 0.29) is 18.7 Å². The third-order valence-electron chi connectivity index (χ3n) is 6.74. The number of rotatable bonds is 10. The third-order valence-corrected chi connectivity index (χ3v) is 6.99. The Morgan fingerprint density at radius 2 is 1.71 bits per heavy atom. The number of nitrogens with zero attached hydrogens (tertiary/aromatic N) is 4. The SMILES string of the molecule is COc1ccc(NC(=O)C(c2ccc(Cl)cc2)N(Cc2ccccc2F)C(=O)Cn2nnc3ccccc32)c(OC)c1. The lowest BCUT2D eigenvalue weighted by atomic mass is 10.0. The van der Waals surface area contributed by atoms with E-state index in [1.165, 1.54) is 29.9 Å². The van der Waals surface area contributed by atoms with Crippen molar-refractivity contribution in [3.05, 3.63) is 113 Å². The average Bonchev–Trinajstić information content (AvgIpc) is 3.41. The molecule has 0 saturated carbocycles. The minimum absolute atomic E-state index is 0.196. The number of amides is 2. The third kappa shape index (κ3) is 6.18. The molecular weight excluding hydrogens is 561 g/mol. The van der Waals surface area contributed by atoms with Gasteiger partial charge in [-0.1, -0.05) is 59.3 Å². The Morgan fingerprint density at radius 1 is 0.976 bits per heavy atom. The first-order valence-electron chi connectivity index (χ1n) is 13.0. The van der Waals surface area contributed by atoms with Crippen molar-refractivity contribution in [2.75, 3.05) is 19.5 Å². The minimum Gasteiger partial charge on any atom is -0.497 e. The number of para-hydroxylation sites is 1. The van der Waals surface area contributed by atoms with Crippen LogP contribution in [-0.4, -0.2) is 45.9 Å². The van der Waals surface area contributed by atoms with Gasteiger partial charge in [0.1, 0.15) is 35.4 Å². The second-order valence-corrected chi connectivity index (χ2v) is 9.79.